The van der Waals surface area contributed by atoms with Gasteiger partial charge in [-0.3, -0.25) is 0 Å². The second-order valence-electron chi connectivity index (χ2n) is 3.29. The van der Waals surface area contributed by atoms with Crippen LogP contribution < -0.4 is 16.8 Å². The molecule has 15 heavy (non-hydrogen) atoms. The highest BCUT2D eigenvalue weighted by Gasteiger charge is 1.97. The third-order valence-electron chi connectivity index (χ3n) is 2.08. The Hall–Kier alpha value is -1.55. The lowest BCUT2D eigenvalue weighted by atomic mass is 10.0. The van der Waals surface area contributed by atoms with Gasteiger partial charge in [0.1, 0.15) is 0 Å². The summed E-state index contributed by atoms with van der Waals surface area (Å²) in [6, 6.07) is 5.59. The average molecular weight is 209 g/mol. The van der Waals surface area contributed by atoms with Crippen LogP contribution in [-0.4, -0.2) is 13.1 Å². The van der Waals surface area contributed by atoms with E-state index in [-0.39, 0.29) is 0 Å². The van der Waals surface area contributed by atoms with Crippen molar-refractivity contribution in [2.45, 2.75) is 20.4 Å². The van der Waals surface area contributed by atoms with Crippen LogP contribution in [0.4, 0.5) is 4.79 Å². The molecule has 0 atom stereocenters. The fraction of sp³-hybridized carbons (Fsp3) is 0.364. The number of benzene rings is 1. The summed E-state index contributed by atoms with van der Waals surface area (Å²) in [7, 11) is 1.97. The van der Waals surface area contributed by atoms with Crippen LogP contribution in [-0.2, 0) is 6.54 Å². The van der Waals surface area contributed by atoms with Gasteiger partial charge in [-0.15, -0.1) is 0 Å². The van der Waals surface area contributed by atoms with E-state index < -0.39 is 6.03 Å². The first-order valence-electron chi connectivity index (χ1n) is 4.73. The van der Waals surface area contributed by atoms with Gasteiger partial charge in [0, 0.05) is 6.54 Å². The van der Waals surface area contributed by atoms with Crippen LogP contribution in [0, 0.1) is 13.8 Å². The van der Waals surface area contributed by atoms with E-state index >= 15 is 0 Å². The predicted molar refractivity (Wildman–Crippen MR) is 62.5 cm³/mol. The molecule has 5 N–H and O–H groups in total. The zero-order valence-electron chi connectivity index (χ0n) is 9.50. The Bertz CT molecular complexity index is 320. The topological polar surface area (TPSA) is 81.1 Å². The fourth-order valence-corrected chi connectivity index (χ4v) is 1.19. The Balaban J connectivity index is 0.000000423. The van der Waals surface area contributed by atoms with Gasteiger partial charge >= 0.3 is 6.03 Å². The van der Waals surface area contributed by atoms with E-state index in [0.717, 1.165) is 6.54 Å². The maximum Gasteiger partial charge on any atom is 0.309 e. The molecule has 2 amide bonds. The van der Waals surface area contributed by atoms with Gasteiger partial charge in [0.2, 0.25) is 0 Å². The van der Waals surface area contributed by atoms with Gasteiger partial charge in [-0.25, -0.2) is 4.79 Å². The number of rotatable bonds is 2. The van der Waals surface area contributed by atoms with Crippen LogP contribution in [0.2, 0.25) is 0 Å². The number of carbonyl (C=O) groups is 1. The highest BCUT2D eigenvalue weighted by atomic mass is 16.2. The third-order valence-corrected chi connectivity index (χ3v) is 2.08. The molecular weight excluding hydrogens is 190 g/mol. The van der Waals surface area contributed by atoms with Crippen molar-refractivity contribution in [1.82, 2.24) is 5.32 Å². The molecule has 0 heterocycles. The Morgan fingerprint density at radius 1 is 1.33 bits per heavy atom. The molecule has 4 nitrogen and oxygen atoms in total. The maximum absolute atomic E-state index is 9.00. The minimum Gasteiger partial charge on any atom is -0.352 e. The molecule has 0 aromatic heterocycles. The Labute approximate surface area is 90.7 Å². The first-order valence-corrected chi connectivity index (χ1v) is 4.73. The summed E-state index contributed by atoms with van der Waals surface area (Å²) in [6.45, 7) is 5.28. The highest BCUT2D eigenvalue weighted by molar-refractivity contribution is 5.69. The van der Waals surface area contributed by atoms with E-state index in [4.69, 9.17) is 4.79 Å². The predicted octanol–water partition coefficient (Wildman–Crippen LogP) is 1.05. The Morgan fingerprint density at radius 3 is 2.33 bits per heavy atom. The zero-order valence-corrected chi connectivity index (χ0v) is 9.50. The van der Waals surface area contributed by atoms with Gasteiger partial charge in [-0.1, -0.05) is 18.2 Å². The van der Waals surface area contributed by atoms with Crippen molar-refractivity contribution in [3.63, 3.8) is 0 Å². The van der Waals surface area contributed by atoms with E-state index in [9.17, 15) is 0 Å². The molecule has 0 bridgehead atoms. The van der Waals surface area contributed by atoms with Crippen molar-refractivity contribution >= 4 is 6.03 Å². The first kappa shape index (κ1) is 13.4. The minimum atomic E-state index is -0.833. The second kappa shape index (κ2) is 6.84. The SMILES string of the molecule is CNCc1cccc(C)c1C.NC(N)=O. The lowest BCUT2D eigenvalue weighted by molar-refractivity contribution is 0.256. The lowest BCUT2D eigenvalue weighted by Gasteiger charge is -2.06. The van der Waals surface area contributed by atoms with E-state index in [2.05, 4.69) is 48.8 Å². The van der Waals surface area contributed by atoms with Crippen LogP contribution >= 0.6 is 0 Å². The van der Waals surface area contributed by atoms with Gasteiger partial charge in [0.25, 0.3) is 0 Å². The molecule has 0 fully saturated rings. The number of nitrogens with one attached hydrogen (secondary N) is 1. The summed E-state index contributed by atoms with van der Waals surface area (Å²) in [4.78, 5) is 9.00. The summed E-state index contributed by atoms with van der Waals surface area (Å²) in [5.41, 5.74) is 12.7. The number of hydrogen-bond donors (Lipinski definition) is 3. The molecule has 0 aliphatic carbocycles. The van der Waals surface area contributed by atoms with Crippen LogP contribution in [0.3, 0.4) is 0 Å². The molecule has 0 aliphatic rings. The quantitative estimate of drug-likeness (QED) is 0.680. The van der Waals surface area contributed by atoms with E-state index in [1.807, 2.05) is 7.05 Å². The third kappa shape index (κ3) is 5.70. The normalized spacial score (nSPS) is 9.00. The van der Waals surface area contributed by atoms with Crippen molar-refractivity contribution in [2.75, 3.05) is 7.05 Å². The minimum absolute atomic E-state index is 0.833. The molecule has 0 spiro atoms. The fourth-order valence-electron chi connectivity index (χ4n) is 1.19. The average Bonchev–Trinajstić information content (AvgIpc) is 2.12. The van der Waals surface area contributed by atoms with E-state index in [1.165, 1.54) is 16.7 Å². The Morgan fingerprint density at radius 2 is 1.87 bits per heavy atom. The van der Waals surface area contributed by atoms with Gasteiger partial charge in [-0.2, -0.15) is 0 Å². The van der Waals surface area contributed by atoms with Crippen molar-refractivity contribution in [2.24, 2.45) is 11.5 Å². The van der Waals surface area contributed by atoms with Gasteiger partial charge in [0.15, 0.2) is 0 Å². The molecule has 4 heteroatoms. The van der Waals surface area contributed by atoms with Crippen molar-refractivity contribution < 1.29 is 4.79 Å². The maximum atomic E-state index is 9.00. The summed E-state index contributed by atoms with van der Waals surface area (Å²) >= 11 is 0. The molecule has 84 valence electrons. The highest BCUT2D eigenvalue weighted by Crippen LogP contribution is 2.11. The summed E-state index contributed by atoms with van der Waals surface area (Å²) in [6.07, 6.45) is 0. The van der Waals surface area contributed by atoms with E-state index in [1.54, 1.807) is 0 Å². The number of aryl methyl sites for hydroxylation is 1. The molecule has 0 radical (unpaired) electrons. The number of amides is 2. The van der Waals surface area contributed by atoms with Crippen molar-refractivity contribution in [1.29, 1.82) is 0 Å². The van der Waals surface area contributed by atoms with Crippen LogP contribution in [0.5, 0.6) is 0 Å². The summed E-state index contributed by atoms with van der Waals surface area (Å²) < 4.78 is 0. The molecule has 1 aromatic carbocycles. The lowest BCUT2D eigenvalue weighted by Crippen LogP contribution is -2.18. The van der Waals surface area contributed by atoms with Crippen molar-refractivity contribution in [3.8, 4) is 0 Å². The number of nitrogens with two attached hydrogens (primary N) is 2. The zero-order chi connectivity index (χ0) is 11.8. The monoisotopic (exact) mass is 209 g/mol. The molecule has 1 aromatic rings. The van der Waals surface area contributed by atoms with Gasteiger partial charge in [0.05, 0.1) is 0 Å². The molecule has 0 saturated carbocycles. The van der Waals surface area contributed by atoms with Gasteiger partial charge in [-0.05, 0) is 37.6 Å². The number of urea groups is 1. The number of primary amides is 2. The standard InChI is InChI=1S/C10H15N.CH4N2O/c1-8-5-4-6-10(7-11-3)9(8)2;2-1(3)4/h4-6,11H,7H2,1-3H3;(H4,2,3,4). The van der Waals surface area contributed by atoms with Crippen molar-refractivity contribution in [3.05, 3.63) is 34.9 Å². The number of hydrogen-bond acceptors (Lipinski definition) is 2. The number of carbonyl (C=O) groups excluding carboxylic acids is 1. The second-order valence-corrected chi connectivity index (χ2v) is 3.29. The molecule has 0 saturated heterocycles. The largest absolute Gasteiger partial charge is 0.352 e. The summed E-state index contributed by atoms with van der Waals surface area (Å²) in [5.74, 6) is 0. The molecular formula is C11H19N3O. The van der Waals surface area contributed by atoms with Crippen LogP contribution in [0.15, 0.2) is 18.2 Å². The van der Waals surface area contributed by atoms with E-state index in [0.29, 0.717) is 0 Å². The first-order chi connectivity index (χ1) is 6.99. The van der Waals surface area contributed by atoms with Crippen LogP contribution in [0.1, 0.15) is 16.7 Å². The molecule has 0 aliphatic heterocycles. The smallest absolute Gasteiger partial charge is 0.309 e. The van der Waals surface area contributed by atoms with Gasteiger partial charge < -0.3 is 16.8 Å². The summed E-state index contributed by atoms with van der Waals surface area (Å²) in [5, 5.41) is 3.15. The molecule has 0 unspecified atom stereocenters. The Kier molecular flexibility index (Phi) is 6.13. The van der Waals surface area contributed by atoms with Crippen LogP contribution in [0.25, 0.3) is 0 Å². The molecule has 1 rings (SSSR count).